The van der Waals surface area contributed by atoms with Gasteiger partial charge in [-0.2, -0.15) is 0 Å². The van der Waals surface area contributed by atoms with Crippen molar-refractivity contribution < 1.29 is 4.79 Å². The largest absolute Gasteiger partial charge is 0.372 e. The Morgan fingerprint density at radius 3 is 2.36 bits per heavy atom. The number of nitrogens with zero attached hydrogens (tertiary/aromatic N) is 1. The monoisotopic (exact) mass is 314 g/mol. The summed E-state index contributed by atoms with van der Waals surface area (Å²) in [4.78, 5) is 17.0. The fourth-order valence-electron chi connectivity index (χ4n) is 2.96. The lowest BCUT2D eigenvalue weighted by Crippen LogP contribution is -2.29. The van der Waals surface area contributed by atoms with E-state index < -0.39 is 0 Å². The molecule has 1 aliphatic heterocycles. The summed E-state index contributed by atoms with van der Waals surface area (Å²) in [6.45, 7) is 6.30. The number of hydrogen-bond donors (Lipinski definition) is 1. The molecule has 0 spiro atoms. The lowest BCUT2D eigenvalue weighted by molar-refractivity contribution is 0.102. The number of anilines is 2. The van der Waals surface area contributed by atoms with Crippen LogP contribution in [0.2, 0.25) is 0 Å². The molecule has 1 aromatic carbocycles. The van der Waals surface area contributed by atoms with Crippen LogP contribution in [0.4, 0.5) is 11.4 Å². The van der Waals surface area contributed by atoms with Crippen LogP contribution in [0.15, 0.2) is 30.3 Å². The van der Waals surface area contributed by atoms with Gasteiger partial charge in [0.05, 0.1) is 5.56 Å². The normalized spacial score (nSPS) is 14.9. The third-order valence-electron chi connectivity index (χ3n) is 4.13. The Balaban J connectivity index is 1.68. The van der Waals surface area contributed by atoms with Gasteiger partial charge in [-0.1, -0.05) is 0 Å². The minimum Gasteiger partial charge on any atom is -0.372 e. The molecule has 0 saturated carbocycles. The third kappa shape index (κ3) is 3.33. The van der Waals surface area contributed by atoms with Crippen LogP contribution in [0.3, 0.4) is 0 Å². The van der Waals surface area contributed by atoms with Gasteiger partial charge in [0.1, 0.15) is 0 Å². The highest BCUT2D eigenvalue weighted by Crippen LogP contribution is 2.24. The van der Waals surface area contributed by atoms with E-state index in [0.717, 1.165) is 29.2 Å². The van der Waals surface area contributed by atoms with Gasteiger partial charge in [0.25, 0.3) is 5.91 Å². The number of thiophene rings is 1. The number of nitrogens with one attached hydrogen (secondary N) is 1. The van der Waals surface area contributed by atoms with Gasteiger partial charge in [0, 0.05) is 34.2 Å². The number of amides is 1. The first-order valence-corrected chi connectivity index (χ1v) is 8.68. The zero-order valence-corrected chi connectivity index (χ0v) is 14.0. The minimum absolute atomic E-state index is 0.0208. The smallest absolute Gasteiger partial charge is 0.256 e. The number of carbonyl (C=O) groups is 1. The van der Waals surface area contributed by atoms with Crippen LogP contribution in [0.5, 0.6) is 0 Å². The molecular formula is C18H22N2OS. The highest BCUT2D eigenvalue weighted by atomic mass is 32.1. The summed E-state index contributed by atoms with van der Waals surface area (Å²) >= 11 is 1.66. The van der Waals surface area contributed by atoms with Crippen molar-refractivity contribution in [3.63, 3.8) is 0 Å². The topological polar surface area (TPSA) is 32.3 Å². The first kappa shape index (κ1) is 15.1. The maximum absolute atomic E-state index is 12.3. The van der Waals surface area contributed by atoms with Gasteiger partial charge in [-0.25, -0.2) is 0 Å². The molecule has 1 aliphatic rings. The van der Waals surface area contributed by atoms with Crippen molar-refractivity contribution in [2.75, 3.05) is 23.3 Å². The molecule has 1 aromatic heterocycles. The van der Waals surface area contributed by atoms with Crippen LogP contribution in [-0.4, -0.2) is 19.0 Å². The Kier molecular flexibility index (Phi) is 4.48. The summed E-state index contributed by atoms with van der Waals surface area (Å²) in [5.41, 5.74) is 2.89. The van der Waals surface area contributed by atoms with Crippen LogP contribution in [0.1, 0.15) is 39.4 Å². The molecule has 4 heteroatoms. The van der Waals surface area contributed by atoms with Gasteiger partial charge in [0.15, 0.2) is 0 Å². The van der Waals surface area contributed by atoms with Gasteiger partial charge in [0.2, 0.25) is 0 Å². The quantitative estimate of drug-likeness (QED) is 0.897. The zero-order chi connectivity index (χ0) is 15.5. The van der Waals surface area contributed by atoms with Crippen molar-refractivity contribution in [1.82, 2.24) is 0 Å². The van der Waals surface area contributed by atoms with Crippen molar-refractivity contribution >= 4 is 28.6 Å². The molecule has 2 heterocycles. The number of rotatable bonds is 3. The van der Waals surface area contributed by atoms with Gasteiger partial charge in [-0.3, -0.25) is 4.79 Å². The highest BCUT2D eigenvalue weighted by Gasteiger charge is 2.13. The second-order valence-corrected chi connectivity index (χ2v) is 7.34. The van der Waals surface area contributed by atoms with E-state index in [-0.39, 0.29) is 5.91 Å². The van der Waals surface area contributed by atoms with Gasteiger partial charge in [-0.05, 0) is 63.4 Å². The molecule has 0 unspecified atom stereocenters. The molecule has 0 bridgehead atoms. The van der Waals surface area contributed by atoms with Crippen molar-refractivity contribution in [3.8, 4) is 0 Å². The Labute approximate surface area is 136 Å². The van der Waals surface area contributed by atoms with E-state index in [1.807, 2.05) is 32.0 Å². The first-order chi connectivity index (χ1) is 10.6. The number of aryl methyl sites for hydroxylation is 2. The van der Waals surface area contributed by atoms with Crippen LogP contribution in [0.25, 0.3) is 0 Å². The Bertz CT molecular complexity index is 654. The van der Waals surface area contributed by atoms with E-state index in [1.54, 1.807) is 11.3 Å². The molecule has 1 fully saturated rings. The van der Waals surface area contributed by atoms with E-state index in [0.29, 0.717) is 0 Å². The minimum atomic E-state index is -0.0208. The fourth-order valence-corrected chi connectivity index (χ4v) is 3.88. The van der Waals surface area contributed by atoms with Crippen LogP contribution in [-0.2, 0) is 0 Å². The summed E-state index contributed by atoms with van der Waals surface area (Å²) < 4.78 is 0. The van der Waals surface area contributed by atoms with E-state index in [1.165, 1.54) is 29.8 Å². The summed E-state index contributed by atoms with van der Waals surface area (Å²) in [7, 11) is 0. The van der Waals surface area contributed by atoms with Gasteiger partial charge < -0.3 is 10.2 Å². The second kappa shape index (κ2) is 6.53. The predicted octanol–water partition coefficient (Wildman–Crippen LogP) is 4.61. The molecule has 22 heavy (non-hydrogen) atoms. The molecule has 1 saturated heterocycles. The molecule has 3 rings (SSSR count). The Hall–Kier alpha value is -1.81. The standard InChI is InChI=1S/C18H22N2OS/c1-13-12-17(14(2)22-13)18(21)19-15-6-8-16(9-7-15)20-10-4-3-5-11-20/h6-9,12H,3-5,10-11H2,1-2H3,(H,19,21). The second-order valence-electron chi connectivity index (χ2n) is 5.88. The molecule has 0 radical (unpaired) electrons. The maximum atomic E-state index is 12.3. The fraction of sp³-hybridized carbons (Fsp3) is 0.389. The molecule has 1 N–H and O–H groups in total. The van der Waals surface area contributed by atoms with Crippen LogP contribution in [0, 0.1) is 13.8 Å². The number of benzene rings is 1. The summed E-state index contributed by atoms with van der Waals surface area (Å²) in [6, 6.07) is 10.2. The highest BCUT2D eigenvalue weighted by molar-refractivity contribution is 7.12. The Morgan fingerprint density at radius 2 is 1.77 bits per heavy atom. The summed E-state index contributed by atoms with van der Waals surface area (Å²) in [6.07, 6.45) is 3.88. The predicted molar refractivity (Wildman–Crippen MR) is 94.3 cm³/mol. The number of hydrogen-bond acceptors (Lipinski definition) is 3. The average Bonchev–Trinajstić information content (AvgIpc) is 2.88. The van der Waals surface area contributed by atoms with Crippen LogP contribution >= 0.6 is 11.3 Å². The van der Waals surface area contributed by atoms with Crippen molar-refractivity contribution in [3.05, 3.63) is 45.6 Å². The third-order valence-corrected chi connectivity index (χ3v) is 5.10. The first-order valence-electron chi connectivity index (χ1n) is 7.87. The summed E-state index contributed by atoms with van der Waals surface area (Å²) in [5, 5.41) is 2.99. The molecule has 2 aromatic rings. The maximum Gasteiger partial charge on any atom is 0.256 e. The average molecular weight is 314 g/mol. The number of carbonyl (C=O) groups excluding carboxylic acids is 1. The molecule has 0 atom stereocenters. The summed E-state index contributed by atoms with van der Waals surface area (Å²) in [5.74, 6) is -0.0208. The van der Waals surface area contributed by atoms with E-state index in [4.69, 9.17) is 0 Å². The molecule has 1 amide bonds. The van der Waals surface area contributed by atoms with Crippen molar-refractivity contribution in [2.24, 2.45) is 0 Å². The van der Waals surface area contributed by atoms with E-state index >= 15 is 0 Å². The molecular weight excluding hydrogens is 292 g/mol. The van der Waals surface area contributed by atoms with Crippen LogP contribution < -0.4 is 10.2 Å². The van der Waals surface area contributed by atoms with E-state index in [2.05, 4.69) is 22.3 Å². The number of piperidine rings is 1. The zero-order valence-electron chi connectivity index (χ0n) is 13.2. The SMILES string of the molecule is Cc1cc(C(=O)Nc2ccc(N3CCCCC3)cc2)c(C)s1. The van der Waals surface area contributed by atoms with Crippen molar-refractivity contribution in [2.45, 2.75) is 33.1 Å². The van der Waals surface area contributed by atoms with Gasteiger partial charge in [-0.15, -0.1) is 11.3 Å². The lowest BCUT2D eigenvalue weighted by Gasteiger charge is -2.28. The lowest BCUT2D eigenvalue weighted by atomic mass is 10.1. The molecule has 0 aliphatic carbocycles. The Morgan fingerprint density at radius 1 is 1.09 bits per heavy atom. The molecule has 116 valence electrons. The van der Waals surface area contributed by atoms with Gasteiger partial charge >= 0.3 is 0 Å². The van der Waals surface area contributed by atoms with Crippen molar-refractivity contribution in [1.29, 1.82) is 0 Å². The molecule has 3 nitrogen and oxygen atoms in total. The van der Waals surface area contributed by atoms with E-state index in [9.17, 15) is 4.79 Å².